The molecule has 1 saturated heterocycles. The summed E-state index contributed by atoms with van der Waals surface area (Å²) in [7, 11) is 0. The van der Waals surface area contributed by atoms with E-state index in [1.807, 2.05) is 61.1 Å². The van der Waals surface area contributed by atoms with Crippen LogP contribution in [0.5, 0.6) is 0 Å². The fourth-order valence-corrected chi connectivity index (χ4v) is 4.51. The van der Waals surface area contributed by atoms with Gasteiger partial charge in [-0.05, 0) is 48.7 Å². The third-order valence-electron chi connectivity index (χ3n) is 6.14. The molecular formula is C26H28ClN5O. The Morgan fingerprint density at radius 3 is 2.79 bits per heavy atom. The maximum absolute atomic E-state index is 12.8. The number of imidazole rings is 1. The molecule has 1 unspecified atom stereocenters. The number of benzene rings is 2. The molecule has 1 aliphatic heterocycles. The highest BCUT2D eigenvalue weighted by atomic mass is 35.5. The van der Waals surface area contributed by atoms with E-state index in [2.05, 4.69) is 25.8 Å². The Balaban J connectivity index is 1.26. The fraction of sp³-hybridized carbons (Fsp3) is 0.346. The molecule has 1 fully saturated rings. The Labute approximate surface area is 199 Å². The molecular weight excluding hydrogens is 434 g/mol. The number of nitrogens with zero attached hydrogens (tertiary/aromatic N) is 4. The van der Waals surface area contributed by atoms with Crippen molar-refractivity contribution in [1.82, 2.24) is 19.8 Å². The van der Waals surface area contributed by atoms with Gasteiger partial charge in [-0.15, -0.1) is 0 Å². The first-order valence-corrected chi connectivity index (χ1v) is 11.7. The van der Waals surface area contributed by atoms with Crippen LogP contribution in [0.4, 0.5) is 0 Å². The van der Waals surface area contributed by atoms with E-state index in [1.165, 1.54) is 0 Å². The average Bonchev–Trinajstić information content (AvgIpc) is 3.28. The maximum Gasteiger partial charge on any atom is 0.224 e. The Morgan fingerprint density at radius 1 is 1.18 bits per heavy atom. The highest BCUT2D eigenvalue weighted by Gasteiger charge is 2.25. The topological polar surface area (TPSA) is 74.0 Å². The van der Waals surface area contributed by atoms with Crippen LogP contribution in [-0.2, 0) is 24.3 Å². The number of hydrogen-bond donors (Lipinski definition) is 1. The summed E-state index contributed by atoms with van der Waals surface area (Å²) in [5.41, 5.74) is 3.94. The minimum atomic E-state index is 0.00444. The van der Waals surface area contributed by atoms with Gasteiger partial charge in [-0.1, -0.05) is 41.9 Å². The smallest absolute Gasteiger partial charge is 0.224 e. The number of halogens is 1. The third-order valence-corrected chi connectivity index (χ3v) is 6.51. The highest BCUT2D eigenvalue weighted by Crippen LogP contribution is 2.22. The molecule has 1 N–H and O–H groups in total. The molecule has 1 aliphatic rings. The highest BCUT2D eigenvalue weighted by molar-refractivity contribution is 6.31. The quantitative estimate of drug-likeness (QED) is 0.549. The Morgan fingerprint density at radius 2 is 2.00 bits per heavy atom. The van der Waals surface area contributed by atoms with Crippen molar-refractivity contribution < 1.29 is 4.79 Å². The predicted octanol–water partition coefficient (Wildman–Crippen LogP) is 4.03. The second-order valence-electron chi connectivity index (χ2n) is 8.53. The third kappa shape index (κ3) is 6.22. The molecule has 4 rings (SSSR count). The molecule has 2 heterocycles. The number of likely N-dealkylation sites (tertiary alicyclic amines) is 1. The number of piperidine rings is 1. The van der Waals surface area contributed by atoms with Crippen molar-refractivity contribution in [3.05, 3.63) is 88.5 Å². The number of nitriles is 1. The molecule has 1 aromatic heterocycles. The molecule has 0 spiro atoms. The number of amides is 1. The van der Waals surface area contributed by atoms with Crippen LogP contribution in [0, 0.1) is 17.2 Å². The molecule has 0 bridgehead atoms. The SMILES string of the molecule is N#Cc1ccc(Cn2cncc2CCNC(=O)C2CCCN(Cc3ccccc3Cl)C2)cc1. The van der Waals surface area contributed by atoms with E-state index in [0.717, 1.165) is 60.7 Å². The molecule has 33 heavy (non-hydrogen) atoms. The van der Waals surface area contributed by atoms with Crippen LogP contribution in [0.1, 0.15) is 35.2 Å². The molecule has 3 aromatic rings. The first-order chi connectivity index (χ1) is 16.1. The minimum absolute atomic E-state index is 0.00444. The summed E-state index contributed by atoms with van der Waals surface area (Å²) in [6, 6.07) is 17.6. The van der Waals surface area contributed by atoms with E-state index in [1.54, 1.807) is 0 Å². The van der Waals surface area contributed by atoms with E-state index in [9.17, 15) is 4.79 Å². The largest absolute Gasteiger partial charge is 0.355 e. The lowest BCUT2D eigenvalue weighted by Gasteiger charge is -2.32. The zero-order chi connectivity index (χ0) is 23.0. The van der Waals surface area contributed by atoms with Crippen LogP contribution in [0.15, 0.2) is 61.1 Å². The van der Waals surface area contributed by atoms with Gasteiger partial charge in [-0.2, -0.15) is 5.26 Å². The zero-order valence-corrected chi connectivity index (χ0v) is 19.3. The lowest BCUT2D eigenvalue weighted by atomic mass is 9.96. The van der Waals surface area contributed by atoms with E-state index in [0.29, 0.717) is 18.7 Å². The summed E-state index contributed by atoms with van der Waals surface area (Å²) in [5, 5.41) is 12.9. The van der Waals surface area contributed by atoms with Crippen LogP contribution in [0.3, 0.4) is 0 Å². The van der Waals surface area contributed by atoms with E-state index < -0.39 is 0 Å². The molecule has 6 nitrogen and oxygen atoms in total. The maximum atomic E-state index is 12.8. The Hall–Kier alpha value is -3.14. The molecule has 0 saturated carbocycles. The lowest BCUT2D eigenvalue weighted by molar-refractivity contribution is -0.126. The van der Waals surface area contributed by atoms with Gasteiger partial charge in [0.2, 0.25) is 5.91 Å². The van der Waals surface area contributed by atoms with Crippen molar-refractivity contribution in [2.45, 2.75) is 32.4 Å². The van der Waals surface area contributed by atoms with Gasteiger partial charge in [0.25, 0.3) is 0 Å². The van der Waals surface area contributed by atoms with Crippen LogP contribution < -0.4 is 5.32 Å². The normalized spacial score (nSPS) is 16.3. The van der Waals surface area contributed by atoms with Crippen LogP contribution in [0.2, 0.25) is 5.02 Å². The monoisotopic (exact) mass is 461 g/mol. The number of carbonyl (C=O) groups is 1. The molecule has 1 atom stereocenters. The Bertz CT molecular complexity index is 1120. The van der Waals surface area contributed by atoms with Crippen LogP contribution >= 0.6 is 11.6 Å². The average molecular weight is 462 g/mol. The Kier molecular flexibility index (Phi) is 7.77. The standard InChI is InChI=1S/C26H28ClN5O/c27-25-6-2-1-4-22(25)17-31-13-3-5-23(18-31)26(33)30-12-11-24-15-29-19-32(24)16-21-9-7-20(14-28)8-10-21/h1-2,4,6-10,15,19,23H,3,5,11-13,16-18H2,(H,30,33). The van der Waals surface area contributed by atoms with Crippen molar-refractivity contribution >= 4 is 17.5 Å². The first kappa shape index (κ1) is 23.0. The van der Waals surface area contributed by atoms with Gasteiger partial charge >= 0.3 is 0 Å². The predicted molar refractivity (Wildman–Crippen MR) is 129 cm³/mol. The van der Waals surface area contributed by atoms with E-state index in [-0.39, 0.29) is 11.8 Å². The van der Waals surface area contributed by atoms with Gasteiger partial charge < -0.3 is 9.88 Å². The first-order valence-electron chi connectivity index (χ1n) is 11.3. The summed E-state index contributed by atoms with van der Waals surface area (Å²) in [4.78, 5) is 19.4. The minimum Gasteiger partial charge on any atom is -0.355 e. The summed E-state index contributed by atoms with van der Waals surface area (Å²) in [6.07, 6.45) is 6.31. The molecule has 1 amide bonds. The molecule has 0 aliphatic carbocycles. The zero-order valence-electron chi connectivity index (χ0n) is 18.6. The summed E-state index contributed by atoms with van der Waals surface area (Å²) in [5.74, 6) is 0.127. The van der Waals surface area contributed by atoms with Gasteiger partial charge in [0.05, 0.1) is 23.9 Å². The molecule has 170 valence electrons. The van der Waals surface area contributed by atoms with Gasteiger partial charge in [-0.25, -0.2) is 4.98 Å². The van der Waals surface area contributed by atoms with E-state index in [4.69, 9.17) is 16.9 Å². The summed E-state index contributed by atoms with van der Waals surface area (Å²) < 4.78 is 2.08. The second kappa shape index (κ2) is 11.1. The number of aromatic nitrogens is 2. The number of hydrogen-bond acceptors (Lipinski definition) is 4. The van der Waals surface area contributed by atoms with Crippen molar-refractivity contribution in [2.75, 3.05) is 19.6 Å². The van der Waals surface area contributed by atoms with Crippen LogP contribution in [0.25, 0.3) is 0 Å². The van der Waals surface area contributed by atoms with Crippen molar-refractivity contribution in [2.24, 2.45) is 5.92 Å². The van der Waals surface area contributed by atoms with Gasteiger partial charge in [0.1, 0.15) is 0 Å². The fourth-order valence-electron chi connectivity index (χ4n) is 4.32. The number of rotatable bonds is 8. The number of carbonyl (C=O) groups excluding carboxylic acids is 1. The molecule has 7 heteroatoms. The second-order valence-corrected chi connectivity index (χ2v) is 8.94. The van der Waals surface area contributed by atoms with Crippen molar-refractivity contribution in [1.29, 1.82) is 5.26 Å². The number of nitrogens with one attached hydrogen (secondary N) is 1. The van der Waals surface area contributed by atoms with Crippen molar-refractivity contribution in [3.63, 3.8) is 0 Å². The van der Waals surface area contributed by atoms with Gasteiger partial charge in [0, 0.05) is 49.5 Å². The summed E-state index contributed by atoms with van der Waals surface area (Å²) >= 11 is 6.31. The molecule has 0 radical (unpaired) electrons. The summed E-state index contributed by atoms with van der Waals surface area (Å²) in [6.45, 7) is 3.79. The van der Waals surface area contributed by atoms with Gasteiger partial charge in [-0.3, -0.25) is 9.69 Å². The van der Waals surface area contributed by atoms with E-state index >= 15 is 0 Å². The van der Waals surface area contributed by atoms with Gasteiger partial charge in [0.15, 0.2) is 0 Å². The molecule has 2 aromatic carbocycles. The van der Waals surface area contributed by atoms with Crippen LogP contribution in [-0.4, -0.2) is 40.0 Å². The lowest BCUT2D eigenvalue weighted by Crippen LogP contribution is -2.43. The van der Waals surface area contributed by atoms with Crippen molar-refractivity contribution in [3.8, 4) is 6.07 Å².